The summed E-state index contributed by atoms with van der Waals surface area (Å²) in [6.07, 6.45) is 0. The molecule has 112 valence electrons. The van der Waals surface area contributed by atoms with Gasteiger partial charge < -0.3 is 15.2 Å². The third-order valence-electron chi connectivity index (χ3n) is 3.46. The molecule has 1 aromatic heterocycles. The summed E-state index contributed by atoms with van der Waals surface area (Å²) in [6, 6.07) is 5.65. The molecule has 0 saturated heterocycles. The second kappa shape index (κ2) is 6.43. The van der Waals surface area contributed by atoms with Gasteiger partial charge in [0.15, 0.2) is 0 Å². The van der Waals surface area contributed by atoms with Crippen LogP contribution in [0.4, 0.5) is 5.69 Å². The molecule has 0 saturated carbocycles. The third kappa shape index (κ3) is 3.42. The van der Waals surface area contributed by atoms with Crippen LogP contribution in [-0.2, 0) is 6.54 Å². The lowest BCUT2D eigenvalue weighted by molar-refractivity contribution is 0.0950. The summed E-state index contributed by atoms with van der Waals surface area (Å²) in [5.41, 5.74) is 4.51. The predicted molar refractivity (Wildman–Crippen MR) is 82.5 cm³/mol. The molecule has 0 radical (unpaired) electrons. The molecule has 0 atom stereocenters. The summed E-state index contributed by atoms with van der Waals surface area (Å²) in [5, 5.41) is 10.0. The number of nitrogens with zero attached hydrogens (tertiary/aromatic N) is 1. The quantitative estimate of drug-likeness (QED) is 0.887. The number of nitrogens with one attached hydrogen (secondary N) is 2. The minimum atomic E-state index is -0.0962. The third-order valence-corrected chi connectivity index (χ3v) is 3.46. The van der Waals surface area contributed by atoms with Crippen molar-refractivity contribution < 1.29 is 9.32 Å². The maximum Gasteiger partial charge on any atom is 0.251 e. The first-order valence-corrected chi connectivity index (χ1v) is 7.07. The van der Waals surface area contributed by atoms with Gasteiger partial charge in [-0.05, 0) is 51.5 Å². The van der Waals surface area contributed by atoms with Gasteiger partial charge in [0.05, 0.1) is 5.69 Å². The Balaban J connectivity index is 2.05. The molecular weight excluding hydrogens is 266 g/mol. The summed E-state index contributed by atoms with van der Waals surface area (Å²) in [4.78, 5) is 12.2. The molecule has 2 N–H and O–H groups in total. The Morgan fingerprint density at radius 1 is 1.29 bits per heavy atom. The van der Waals surface area contributed by atoms with Gasteiger partial charge in [-0.1, -0.05) is 5.16 Å². The van der Waals surface area contributed by atoms with E-state index in [-0.39, 0.29) is 5.91 Å². The Hall–Kier alpha value is -2.30. The van der Waals surface area contributed by atoms with Gasteiger partial charge in [-0.3, -0.25) is 4.79 Å². The number of carbonyl (C=O) groups is 1. The van der Waals surface area contributed by atoms with Crippen molar-refractivity contribution in [2.45, 2.75) is 34.2 Å². The highest BCUT2D eigenvalue weighted by Gasteiger charge is 2.12. The van der Waals surface area contributed by atoms with Crippen molar-refractivity contribution in [3.63, 3.8) is 0 Å². The van der Waals surface area contributed by atoms with Crippen LogP contribution in [0.15, 0.2) is 22.7 Å². The van der Waals surface area contributed by atoms with Gasteiger partial charge in [0, 0.05) is 29.9 Å². The van der Waals surface area contributed by atoms with Gasteiger partial charge in [0.2, 0.25) is 0 Å². The monoisotopic (exact) mass is 287 g/mol. The zero-order chi connectivity index (χ0) is 15.4. The number of hydrogen-bond acceptors (Lipinski definition) is 4. The fraction of sp³-hybridized carbons (Fsp3) is 0.375. The van der Waals surface area contributed by atoms with Gasteiger partial charge in [-0.2, -0.15) is 0 Å². The number of carbonyl (C=O) groups excluding carboxylic acids is 1. The number of rotatable bonds is 5. The van der Waals surface area contributed by atoms with Crippen molar-refractivity contribution in [3.05, 3.63) is 46.3 Å². The van der Waals surface area contributed by atoms with Gasteiger partial charge in [-0.25, -0.2) is 0 Å². The maximum absolute atomic E-state index is 12.2. The molecule has 2 aromatic rings. The molecule has 1 amide bonds. The largest absolute Gasteiger partial charge is 0.385 e. The van der Waals surface area contributed by atoms with Crippen molar-refractivity contribution in [2.75, 3.05) is 11.9 Å². The van der Waals surface area contributed by atoms with Crippen LogP contribution >= 0.6 is 0 Å². The highest BCUT2D eigenvalue weighted by atomic mass is 16.5. The molecular formula is C16H21N3O2. The Morgan fingerprint density at radius 3 is 2.62 bits per heavy atom. The van der Waals surface area contributed by atoms with Crippen molar-refractivity contribution in [1.82, 2.24) is 10.5 Å². The molecule has 0 fully saturated rings. The van der Waals surface area contributed by atoms with E-state index in [4.69, 9.17) is 4.52 Å². The molecule has 1 aromatic carbocycles. The van der Waals surface area contributed by atoms with E-state index in [2.05, 4.69) is 15.8 Å². The van der Waals surface area contributed by atoms with Crippen LogP contribution in [-0.4, -0.2) is 17.6 Å². The SMILES string of the molecule is CCNc1ccc(C(=O)NCc2c(C)noc2C)cc1C. The van der Waals surface area contributed by atoms with Crippen molar-refractivity contribution in [1.29, 1.82) is 0 Å². The fourth-order valence-electron chi connectivity index (χ4n) is 2.22. The van der Waals surface area contributed by atoms with Crippen molar-refractivity contribution >= 4 is 11.6 Å². The summed E-state index contributed by atoms with van der Waals surface area (Å²) in [6.45, 7) is 9.03. The number of anilines is 1. The van der Waals surface area contributed by atoms with Crippen molar-refractivity contribution in [3.8, 4) is 0 Å². The number of aromatic nitrogens is 1. The van der Waals surface area contributed by atoms with Crippen LogP contribution < -0.4 is 10.6 Å². The molecule has 0 aliphatic heterocycles. The van der Waals surface area contributed by atoms with E-state index >= 15 is 0 Å². The molecule has 0 aliphatic rings. The lowest BCUT2D eigenvalue weighted by atomic mass is 10.1. The zero-order valence-electron chi connectivity index (χ0n) is 12.9. The van der Waals surface area contributed by atoms with Crippen LogP contribution in [0.2, 0.25) is 0 Å². The molecule has 2 rings (SSSR count). The van der Waals surface area contributed by atoms with E-state index < -0.39 is 0 Å². The summed E-state index contributed by atoms with van der Waals surface area (Å²) in [7, 11) is 0. The van der Waals surface area contributed by atoms with Gasteiger partial charge in [0.1, 0.15) is 5.76 Å². The number of hydrogen-bond donors (Lipinski definition) is 2. The summed E-state index contributed by atoms with van der Waals surface area (Å²) in [5.74, 6) is 0.646. The Labute approximate surface area is 124 Å². The number of aryl methyl sites for hydroxylation is 3. The van der Waals surface area contributed by atoms with E-state index in [0.29, 0.717) is 12.1 Å². The first-order chi connectivity index (χ1) is 10.0. The highest BCUT2D eigenvalue weighted by molar-refractivity contribution is 5.94. The lowest BCUT2D eigenvalue weighted by Gasteiger charge is -2.10. The molecule has 1 heterocycles. The molecule has 0 aliphatic carbocycles. The van der Waals surface area contributed by atoms with E-state index in [9.17, 15) is 4.79 Å². The smallest absolute Gasteiger partial charge is 0.251 e. The summed E-state index contributed by atoms with van der Waals surface area (Å²) < 4.78 is 5.09. The van der Waals surface area contributed by atoms with Crippen LogP contribution in [0, 0.1) is 20.8 Å². The van der Waals surface area contributed by atoms with E-state index in [0.717, 1.165) is 34.8 Å². The van der Waals surface area contributed by atoms with Gasteiger partial charge >= 0.3 is 0 Å². The van der Waals surface area contributed by atoms with E-state index in [1.165, 1.54) is 0 Å². The molecule has 5 heteroatoms. The Kier molecular flexibility index (Phi) is 4.62. The maximum atomic E-state index is 12.2. The predicted octanol–water partition coefficient (Wildman–Crippen LogP) is 2.96. The van der Waals surface area contributed by atoms with Crippen LogP contribution in [0.5, 0.6) is 0 Å². The zero-order valence-corrected chi connectivity index (χ0v) is 12.9. The Bertz CT molecular complexity index is 627. The molecule has 21 heavy (non-hydrogen) atoms. The molecule has 0 spiro atoms. The molecule has 5 nitrogen and oxygen atoms in total. The fourth-order valence-corrected chi connectivity index (χ4v) is 2.22. The van der Waals surface area contributed by atoms with Crippen LogP contribution in [0.1, 0.15) is 39.9 Å². The van der Waals surface area contributed by atoms with E-state index in [1.807, 2.05) is 45.9 Å². The minimum absolute atomic E-state index is 0.0962. The number of benzene rings is 1. The number of amides is 1. The second-order valence-electron chi connectivity index (χ2n) is 5.05. The van der Waals surface area contributed by atoms with Crippen molar-refractivity contribution in [2.24, 2.45) is 0 Å². The van der Waals surface area contributed by atoms with Crippen LogP contribution in [0.3, 0.4) is 0 Å². The average molecular weight is 287 g/mol. The molecule has 0 bridgehead atoms. The second-order valence-corrected chi connectivity index (χ2v) is 5.05. The van der Waals surface area contributed by atoms with Gasteiger partial charge in [0.25, 0.3) is 5.91 Å². The van der Waals surface area contributed by atoms with E-state index in [1.54, 1.807) is 0 Å². The summed E-state index contributed by atoms with van der Waals surface area (Å²) >= 11 is 0. The van der Waals surface area contributed by atoms with Crippen LogP contribution in [0.25, 0.3) is 0 Å². The normalized spacial score (nSPS) is 10.5. The average Bonchev–Trinajstić information content (AvgIpc) is 2.78. The topological polar surface area (TPSA) is 67.2 Å². The first-order valence-electron chi connectivity index (χ1n) is 7.07. The lowest BCUT2D eigenvalue weighted by Crippen LogP contribution is -2.23. The molecule has 0 unspecified atom stereocenters. The first kappa shape index (κ1) is 15.1. The minimum Gasteiger partial charge on any atom is -0.385 e. The highest BCUT2D eigenvalue weighted by Crippen LogP contribution is 2.17. The standard InChI is InChI=1S/C16H21N3O2/c1-5-17-15-7-6-13(8-10(15)2)16(20)18-9-14-11(3)19-21-12(14)4/h6-8,17H,5,9H2,1-4H3,(H,18,20). The van der Waals surface area contributed by atoms with Gasteiger partial charge in [-0.15, -0.1) is 0 Å². The Morgan fingerprint density at radius 2 is 2.05 bits per heavy atom.